The molecule has 2 amide bonds. The van der Waals surface area contributed by atoms with Crippen LogP contribution >= 0.6 is 24.0 Å². The first-order valence-electron chi connectivity index (χ1n) is 15.6. The third kappa shape index (κ3) is 8.91. The molecular weight excluding hydrogens is 713 g/mol. The highest BCUT2D eigenvalue weighted by atomic mass is 35.5. The van der Waals surface area contributed by atoms with Crippen LogP contribution in [0.1, 0.15) is 26.4 Å². The van der Waals surface area contributed by atoms with Gasteiger partial charge < -0.3 is 23.8 Å². The summed E-state index contributed by atoms with van der Waals surface area (Å²) in [5, 5.41) is 0.800. The van der Waals surface area contributed by atoms with Crippen molar-refractivity contribution in [3.63, 3.8) is 0 Å². The SMILES string of the molecule is CN(C(=O)c1ccc(Cl)c(F)c1)c1ccc(Oc2ccc3cc(C(=O)N4CCN(Cc5ccc(OCC(F)(F)F)cc5)CC4)n(C)c3c2)nc1.Cl. The fourth-order valence-corrected chi connectivity index (χ4v) is 5.77. The maximum atomic E-state index is 13.9. The largest absolute Gasteiger partial charge is 0.484 e. The fraction of sp³-hybridized carbons (Fsp3) is 0.250. The maximum absolute atomic E-state index is 13.9. The lowest BCUT2D eigenvalue weighted by Gasteiger charge is -2.34. The normalized spacial score (nSPS) is 13.5. The van der Waals surface area contributed by atoms with Crippen molar-refractivity contribution in [3.05, 3.63) is 113 Å². The van der Waals surface area contributed by atoms with Crippen LogP contribution in [0.5, 0.6) is 17.4 Å². The Labute approximate surface area is 302 Å². The van der Waals surface area contributed by atoms with Crippen LogP contribution in [-0.2, 0) is 13.6 Å². The van der Waals surface area contributed by atoms with Crippen LogP contribution in [0.4, 0.5) is 23.2 Å². The predicted molar refractivity (Wildman–Crippen MR) is 188 cm³/mol. The minimum absolute atomic E-state index is 0. The molecule has 0 radical (unpaired) electrons. The molecule has 9 nitrogen and oxygen atoms in total. The minimum atomic E-state index is -4.39. The number of halogens is 6. The lowest BCUT2D eigenvalue weighted by molar-refractivity contribution is -0.153. The standard InChI is InChI=1S/C36H32ClF4N5O4.ClH/c1-43(34(47)25-6-11-29(37)30(38)17-25)26-7-12-33(42-20-26)50-28-10-5-24-18-32(44(2)31(24)19-28)35(48)46-15-13-45(14-16-46)21-23-3-8-27(9-4-23)49-22-36(39,40)41;/h3-12,17-20H,13-16,21-22H2,1-2H3;1H. The highest BCUT2D eigenvalue weighted by Gasteiger charge is 2.28. The molecule has 0 aliphatic carbocycles. The summed E-state index contributed by atoms with van der Waals surface area (Å²) >= 11 is 5.73. The number of alkyl halides is 3. The quantitative estimate of drug-likeness (QED) is 0.144. The van der Waals surface area contributed by atoms with Crippen molar-refractivity contribution < 1.29 is 36.6 Å². The lowest BCUT2D eigenvalue weighted by Crippen LogP contribution is -2.48. The van der Waals surface area contributed by atoms with Crippen molar-refractivity contribution in [3.8, 4) is 17.4 Å². The van der Waals surface area contributed by atoms with Crippen molar-refractivity contribution in [2.24, 2.45) is 7.05 Å². The molecule has 1 fully saturated rings. The van der Waals surface area contributed by atoms with Crippen molar-refractivity contribution in [1.29, 1.82) is 0 Å². The number of aromatic nitrogens is 2. The van der Waals surface area contributed by atoms with Crippen LogP contribution in [0.3, 0.4) is 0 Å². The number of anilines is 1. The number of carbonyl (C=O) groups excluding carboxylic acids is 2. The number of hydrogen-bond acceptors (Lipinski definition) is 6. The number of pyridine rings is 1. The van der Waals surface area contributed by atoms with Gasteiger partial charge in [0.2, 0.25) is 5.88 Å². The summed E-state index contributed by atoms with van der Waals surface area (Å²) in [5.74, 6) is -0.236. The van der Waals surface area contributed by atoms with Crippen molar-refractivity contribution in [1.82, 2.24) is 19.4 Å². The minimum Gasteiger partial charge on any atom is -0.484 e. The Kier molecular flexibility index (Phi) is 11.4. The lowest BCUT2D eigenvalue weighted by atomic mass is 10.2. The first-order chi connectivity index (χ1) is 23.8. The van der Waals surface area contributed by atoms with Crippen LogP contribution in [0.25, 0.3) is 10.9 Å². The molecule has 3 heterocycles. The summed E-state index contributed by atoms with van der Waals surface area (Å²) in [7, 11) is 3.38. The number of fused-ring (bicyclic) bond motifs is 1. The van der Waals surface area contributed by atoms with Gasteiger partial charge in [-0.15, -0.1) is 12.4 Å². The Morgan fingerprint density at radius 1 is 0.922 bits per heavy atom. The topological polar surface area (TPSA) is 80.1 Å². The summed E-state index contributed by atoms with van der Waals surface area (Å²) in [5.41, 5.74) is 2.90. The third-order valence-corrected chi connectivity index (χ3v) is 8.74. The number of aryl methyl sites for hydroxylation is 1. The first-order valence-corrected chi connectivity index (χ1v) is 16.0. The molecule has 2 aromatic heterocycles. The van der Waals surface area contributed by atoms with Gasteiger partial charge in [0.15, 0.2) is 6.61 Å². The Bertz CT molecular complexity index is 2020. The molecule has 0 spiro atoms. The van der Waals surface area contributed by atoms with Crippen molar-refractivity contribution in [2.75, 3.05) is 44.7 Å². The zero-order valence-corrected chi connectivity index (χ0v) is 29.1. The van der Waals surface area contributed by atoms with Crippen molar-refractivity contribution in [2.45, 2.75) is 12.7 Å². The van der Waals surface area contributed by atoms with E-state index in [2.05, 4.69) is 9.88 Å². The highest BCUT2D eigenvalue weighted by molar-refractivity contribution is 6.30. The monoisotopic (exact) mass is 745 g/mol. The van der Waals surface area contributed by atoms with E-state index >= 15 is 0 Å². The molecule has 0 unspecified atom stereocenters. The number of nitrogens with zero attached hydrogens (tertiary/aromatic N) is 5. The molecule has 15 heteroatoms. The number of rotatable bonds is 9. The second-order valence-corrected chi connectivity index (χ2v) is 12.3. The highest BCUT2D eigenvalue weighted by Crippen LogP contribution is 2.29. The maximum Gasteiger partial charge on any atom is 0.422 e. The Hall–Kier alpha value is -4.85. The Balaban J connectivity index is 0.00000504. The molecule has 6 rings (SSSR count). The molecule has 1 saturated heterocycles. The molecule has 0 atom stereocenters. The van der Waals surface area contributed by atoms with Gasteiger partial charge in [-0.1, -0.05) is 23.7 Å². The number of ether oxygens (including phenoxy) is 2. The molecule has 3 aromatic carbocycles. The van der Waals surface area contributed by atoms with E-state index in [9.17, 15) is 27.2 Å². The van der Waals surface area contributed by atoms with E-state index < -0.39 is 24.5 Å². The average Bonchev–Trinajstić information content (AvgIpc) is 3.43. The van der Waals surface area contributed by atoms with Crippen LogP contribution in [-0.4, -0.2) is 77.2 Å². The van der Waals surface area contributed by atoms with Gasteiger partial charge in [0, 0.05) is 69.9 Å². The van der Waals surface area contributed by atoms with Gasteiger partial charge in [0.25, 0.3) is 11.8 Å². The molecule has 1 aliphatic heterocycles. The molecule has 0 saturated carbocycles. The molecule has 5 aromatic rings. The summed E-state index contributed by atoms with van der Waals surface area (Å²) in [6.45, 7) is 1.63. The molecule has 268 valence electrons. The Morgan fingerprint density at radius 2 is 1.63 bits per heavy atom. The zero-order chi connectivity index (χ0) is 35.6. The van der Waals surface area contributed by atoms with E-state index in [1.165, 1.54) is 35.4 Å². The van der Waals surface area contributed by atoms with Gasteiger partial charge in [-0.2, -0.15) is 13.2 Å². The van der Waals surface area contributed by atoms with Gasteiger partial charge in [-0.05, 0) is 60.2 Å². The van der Waals surface area contributed by atoms with E-state index in [1.807, 2.05) is 34.7 Å². The number of piperazine rings is 1. The molecule has 0 N–H and O–H groups in total. The summed E-state index contributed by atoms with van der Waals surface area (Å²) < 4.78 is 63.7. The third-order valence-electron chi connectivity index (χ3n) is 8.43. The summed E-state index contributed by atoms with van der Waals surface area (Å²) in [6, 6.07) is 21.0. The van der Waals surface area contributed by atoms with E-state index in [4.69, 9.17) is 21.1 Å². The van der Waals surface area contributed by atoms with Gasteiger partial charge in [-0.25, -0.2) is 9.37 Å². The fourth-order valence-electron chi connectivity index (χ4n) is 5.66. The molecular formula is C36H33Cl2F4N5O4. The van der Waals surface area contributed by atoms with Gasteiger partial charge in [0.05, 0.1) is 22.4 Å². The van der Waals surface area contributed by atoms with Crippen LogP contribution in [0.15, 0.2) is 85.1 Å². The van der Waals surface area contributed by atoms with E-state index in [0.29, 0.717) is 55.7 Å². The first kappa shape index (κ1) is 37.4. The van der Waals surface area contributed by atoms with E-state index in [-0.39, 0.29) is 34.6 Å². The molecule has 0 bridgehead atoms. The van der Waals surface area contributed by atoms with Gasteiger partial charge >= 0.3 is 6.18 Å². The predicted octanol–water partition coefficient (Wildman–Crippen LogP) is 7.76. The number of amides is 2. The molecule has 51 heavy (non-hydrogen) atoms. The van der Waals surface area contributed by atoms with E-state index in [0.717, 1.165) is 22.5 Å². The number of hydrogen-bond donors (Lipinski definition) is 0. The second-order valence-electron chi connectivity index (χ2n) is 11.9. The summed E-state index contributed by atoms with van der Waals surface area (Å²) in [4.78, 5) is 36.0. The smallest absolute Gasteiger partial charge is 0.422 e. The van der Waals surface area contributed by atoms with E-state index in [1.54, 1.807) is 37.4 Å². The molecule has 1 aliphatic rings. The number of carbonyl (C=O) groups is 2. The summed E-state index contributed by atoms with van der Waals surface area (Å²) in [6.07, 6.45) is -2.91. The van der Waals surface area contributed by atoms with Gasteiger partial charge in [0.1, 0.15) is 23.0 Å². The Morgan fingerprint density at radius 3 is 2.27 bits per heavy atom. The van der Waals surface area contributed by atoms with Crippen molar-refractivity contribution >= 4 is 52.4 Å². The van der Waals surface area contributed by atoms with Crippen LogP contribution in [0.2, 0.25) is 5.02 Å². The van der Waals surface area contributed by atoms with Gasteiger partial charge in [-0.3, -0.25) is 14.5 Å². The van der Waals surface area contributed by atoms with Crippen LogP contribution in [0, 0.1) is 5.82 Å². The zero-order valence-electron chi connectivity index (χ0n) is 27.5. The second kappa shape index (κ2) is 15.6. The average molecular weight is 747 g/mol. The van der Waals surface area contributed by atoms with Crippen LogP contribution < -0.4 is 14.4 Å². The number of benzene rings is 3.